The van der Waals surface area contributed by atoms with Gasteiger partial charge in [-0.3, -0.25) is 5.43 Å². The number of nitrogens with zero attached hydrogens (tertiary/aromatic N) is 3. The molecule has 0 saturated heterocycles. The summed E-state index contributed by atoms with van der Waals surface area (Å²) in [7, 11) is 0. The Hall–Kier alpha value is -2.04. The summed E-state index contributed by atoms with van der Waals surface area (Å²) in [5.41, 5.74) is 3.71. The molecule has 0 aliphatic carbocycles. The van der Waals surface area contributed by atoms with E-state index in [1.54, 1.807) is 12.1 Å². The predicted molar refractivity (Wildman–Crippen MR) is 53.4 cm³/mol. The molecule has 0 amide bonds. The van der Waals surface area contributed by atoms with Crippen LogP contribution in [0.25, 0.3) is 0 Å². The maximum absolute atomic E-state index is 12.7. The van der Waals surface area contributed by atoms with Gasteiger partial charge in [0.2, 0.25) is 0 Å². The second kappa shape index (κ2) is 3.78. The summed E-state index contributed by atoms with van der Waals surface area (Å²) in [6.07, 6.45) is 3.99. The molecule has 1 heterocycles. The lowest BCUT2D eigenvalue weighted by molar-refractivity contribution is 0.628. The van der Waals surface area contributed by atoms with Crippen LogP contribution in [0.5, 0.6) is 0 Å². The fraction of sp³-hybridized carbons (Fsp3) is 0. The average molecular weight is 189 g/mol. The molecule has 0 fully saturated rings. The van der Waals surface area contributed by atoms with E-state index in [0.29, 0.717) is 11.4 Å². The van der Waals surface area contributed by atoms with Gasteiger partial charge in [-0.15, -0.1) is 5.10 Å². The number of hydrazone groups is 1. The third-order valence-corrected chi connectivity index (χ3v) is 1.53. The molecule has 14 heavy (non-hydrogen) atoms. The van der Waals surface area contributed by atoms with Gasteiger partial charge in [0.1, 0.15) is 17.7 Å². The Morgan fingerprint density at radius 2 is 2.36 bits per heavy atom. The number of hydrogen-bond acceptors (Lipinski definition) is 4. The number of hydrogen-bond donors (Lipinski definition) is 1. The van der Waals surface area contributed by atoms with Crippen molar-refractivity contribution in [2.45, 2.75) is 0 Å². The molecular weight excluding hydrogens is 183 g/mol. The van der Waals surface area contributed by atoms with Crippen molar-refractivity contribution in [3.8, 4) is 0 Å². The Labute approximate surface area is 79.9 Å². The second-order valence-corrected chi connectivity index (χ2v) is 2.58. The van der Waals surface area contributed by atoms with E-state index in [0.717, 1.165) is 0 Å². The largest absolute Gasteiger partial charge is 0.278 e. The van der Waals surface area contributed by atoms with E-state index in [1.807, 2.05) is 0 Å². The fourth-order valence-electron chi connectivity index (χ4n) is 0.929. The Kier molecular flexibility index (Phi) is 2.31. The van der Waals surface area contributed by atoms with E-state index >= 15 is 0 Å². The molecule has 1 aliphatic heterocycles. The van der Waals surface area contributed by atoms with Crippen molar-refractivity contribution in [1.29, 1.82) is 0 Å². The molecule has 0 saturated carbocycles. The highest BCUT2D eigenvalue weighted by molar-refractivity contribution is 6.57. The van der Waals surface area contributed by atoms with E-state index in [2.05, 4.69) is 26.9 Å². The van der Waals surface area contributed by atoms with Crippen LogP contribution >= 0.6 is 0 Å². The van der Waals surface area contributed by atoms with Crippen LogP contribution in [0.2, 0.25) is 0 Å². The highest BCUT2D eigenvalue weighted by Gasteiger charge is 1.97. The molecule has 0 unspecified atom stereocenters. The molecule has 1 radical (unpaired) electrons. The van der Waals surface area contributed by atoms with Crippen LogP contribution in [0.4, 0.5) is 10.1 Å². The van der Waals surface area contributed by atoms with Crippen molar-refractivity contribution in [2.75, 3.05) is 5.43 Å². The number of rotatable bonds is 2. The molecule has 0 atom stereocenters. The number of benzene rings is 1. The Morgan fingerprint density at radius 3 is 3.07 bits per heavy atom. The first-order chi connectivity index (χ1) is 6.84. The highest BCUT2D eigenvalue weighted by atomic mass is 19.1. The van der Waals surface area contributed by atoms with E-state index < -0.39 is 0 Å². The van der Waals surface area contributed by atoms with Gasteiger partial charge in [0, 0.05) is 0 Å². The minimum atomic E-state index is -0.312. The quantitative estimate of drug-likeness (QED) is 0.705. The van der Waals surface area contributed by atoms with Crippen molar-refractivity contribution in [3.05, 3.63) is 30.1 Å². The Bertz CT molecular complexity index is 409. The van der Waals surface area contributed by atoms with Crippen molar-refractivity contribution in [3.63, 3.8) is 0 Å². The van der Waals surface area contributed by atoms with Gasteiger partial charge in [0.15, 0.2) is 0 Å². The van der Waals surface area contributed by atoms with Gasteiger partial charge in [0.05, 0.1) is 11.9 Å². The lowest BCUT2D eigenvalue weighted by atomic mass is 10.3. The smallest absolute Gasteiger partial charge is 0.145 e. The van der Waals surface area contributed by atoms with Gasteiger partial charge in [-0.2, -0.15) is 10.2 Å². The predicted octanol–water partition coefficient (Wildman–Crippen LogP) is 1.54. The van der Waals surface area contributed by atoms with Gasteiger partial charge in [0.25, 0.3) is 0 Å². The highest BCUT2D eigenvalue weighted by Crippen LogP contribution is 2.08. The van der Waals surface area contributed by atoms with Crippen molar-refractivity contribution < 1.29 is 4.39 Å². The van der Waals surface area contributed by atoms with E-state index in [4.69, 9.17) is 0 Å². The van der Waals surface area contributed by atoms with Crippen LogP contribution in [0.3, 0.4) is 0 Å². The van der Waals surface area contributed by atoms with E-state index in [1.165, 1.54) is 18.3 Å². The first-order valence-electron chi connectivity index (χ1n) is 3.93. The van der Waals surface area contributed by atoms with Gasteiger partial charge < -0.3 is 0 Å². The SMILES string of the molecule is Fc1cccc(NN=C2[C]=NN=C2)c1. The molecule has 0 aromatic heterocycles. The van der Waals surface area contributed by atoms with Crippen molar-refractivity contribution >= 4 is 23.8 Å². The maximum Gasteiger partial charge on any atom is 0.145 e. The first-order valence-corrected chi connectivity index (χ1v) is 3.93. The monoisotopic (exact) mass is 189 g/mol. The number of nitrogens with one attached hydrogen (secondary N) is 1. The lowest BCUT2D eigenvalue weighted by Gasteiger charge is -1.98. The average Bonchev–Trinajstić information content (AvgIpc) is 2.67. The Balaban J connectivity index is 2.08. The molecule has 1 N–H and O–H groups in total. The summed E-state index contributed by atoms with van der Waals surface area (Å²) in [5.74, 6) is -0.312. The van der Waals surface area contributed by atoms with Crippen LogP contribution in [-0.2, 0) is 0 Å². The van der Waals surface area contributed by atoms with Crippen LogP contribution in [-0.4, -0.2) is 18.1 Å². The summed E-state index contributed by atoms with van der Waals surface area (Å²) in [4.78, 5) is 0. The van der Waals surface area contributed by atoms with Crippen LogP contribution in [0.15, 0.2) is 39.6 Å². The molecule has 69 valence electrons. The zero-order valence-corrected chi connectivity index (χ0v) is 7.11. The standard InChI is InChI=1S/C9H6FN4/c10-7-2-1-3-8(4-7)13-14-9-5-11-12-6-9/h1-5,13H. The van der Waals surface area contributed by atoms with Crippen LogP contribution in [0.1, 0.15) is 0 Å². The van der Waals surface area contributed by atoms with Gasteiger partial charge in [-0.1, -0.05) is 6.07 Å². The zero-order valence-electron chi connectivity index (χ0n) is 7.11. The lowest BCUT2D eigenvalue weighted by Crippen LogP contribution is -2.01. The molecule has 0 bridgehead atoms. The summed E-state index contributed by atoms with van der Waals surface area (Å²) in [5, 5.41) is 10.9. The summed E-state index contributed by atoms with van der Waals surface area (Å²) in [6.45, 7) is 0. The van der Waals surface area contributed by atoms with Crippen LogP contribution in [0, 0.1) is 5.82 Å². The molecule has 2 rings (SSSR count). The minimum absolute atomic E-state index is 0.312. The van der Waals surface area contributed by atoms with Crippen molar-refractivity contribution in [2.24, 2.45) is 15.3 Å². The molecule has 1 aromatic rings. The van der Waals surface area contributed by atoms with Crippen LogP contribution < -0.4 is 5.43 Å². The first kappa shape index (κ1) is 8.55. The molecule has 5 heteroatoms. The Morgan fingerprint density at radius 1 is 1.43 bits per heavy atom. The van der Waals surface area contributed by atoms with Gasteiger partial charge >= 0.3 is 0 Å². The van der Waals surface area contributed by atoms with E-state index in [-0.39, 0.29) is 5.82 Å². The minimum Gasteiger partial charge on any atom is -0.278 e. The number of halogens is 1. The molecule has 1 aliphatic rings. The topological polar surface area (TPSA) is 49.1 Å². The maximum atomic E-state index is 12.7. The van der Waals surface area contributed by atoms with Crippen molar-refractivity contribution in [1.82, 2.24) is 0 Å². The van der Waals surface area contributed by atoms with E-state index in [9.17, 15) is 4.39 Å². The molecule has 4 nitrogen and oxygen atoms in total. The number of anilines is 1. The van der Waals surface area contributed by atoms with Gasteiger partial charge in [-0.05, 0) is 18.2 Å². The summed E-state index contributed by atoms with van der Waals surface area (Å²) >= 11 is 0. The van der Waals surface area contributed by atoms with Gasteiger partial charge in [-0.25, -0.2) is 4.39 Å². The molecule has 0 spiro atoms. The molecular formula is C9H6FN4. The normalized spacial score (nSPS) is 16.5. The third-order valence-electron chi connectivity index (χ3n) is 1.53. The fourth-order valence-corrected chi connectivity index (χ4v) is 0.929. The third kappa shape index (κ3) is 2.01. The summed E-state index contributed by atoms with van der Waals surface area (Å²) < 4.78 is 12.7. The summed E-state index contributed by atoms with van der Waals surface area (Å²) in [6, 6.07) is 6.00. The molecule has 1 aromatic carbocycles. The second-order valence-electron chi connectivity index (χ2n) is 2.58. The zero-order chi connectivity index (χ0) is 9.80.